The Hall–Kier alpha value is -1.91. The summed E-state index contributed by atoms with van der Waals surface area (Å²) in [5.41, 5.74) is 5.11. The van der Waals surface area contributed by atoms with Crippen LogP contribution in [0.2, 0.25) is 0 Å². The first-order valence-electron chi connectivity index (χ1n) is 8.63. The molecule has 26 heavy (non-hydrogen) atoms. The highest BCUT2D eigenvalue weighted by Crippen LogP contribution is 2.23. The summed E-state index contributed by atoms with van der Waals surface area (Å²) in [6.07, 6.45) is 3.48. The van der Waals surface area contributed by atoms with Gasteiger partial charge in [-0.15, -0.1) is 11.6 Å². The minimum atomic E-state index is -0.664. The van der Waals surface area contributed by atoms with E-state index < -0.39 is 12.2 Å². The van der Waals surface area contributed by atoms with Crippen LogP contribution in [-0.2, 0) is 6.42 Å². The Morgan fingerprint density at radius 1 is 1.00 bits per heavy atom. The van der Waals surface area contributed by atoms with Gasteiger partial charge < -0.3 is 15.3 Å². The van der Waals surface area contributed by atoms with Crippen LogP contribution in [0.25, 0.3) is 11.6 Å². The number of aliphatic hydroxyl groups is 3. The van der Waals surface area contributed by atoms with Crippen LogP contribution in [0.1, 0.15) is 28.7 Å². The minimum absolute atomic E-state index is 0.181. The third kappa shape index (κ3) is 6.11. The molecule has 2 aromatic carbocycles. The molecule has 3 N–H and O–H groups in total. The molecule has 2 rings (SSSR count). The molecule has 4 heteroatoms. The van der Waals surface area contributed by atoms with Crippen LogP contribution < -0.4 is 0 Å². The predicted molar refractivity (Wildman–Crippen MR) is 108 cm³/mol. The van der Waals surface area contributed by atoms with E-state index in [2.05, 4.69) is 6.58 Å². The molecule has 0 radical (unpaired) electrons. The van der Waals surface area contributed by atoms with E-state index in [0.29, 0.717) is 6.42 Å². The normalized spacial score (nSPS) is 13.7. The number of hydrogen-bond donors (Lipinski definition) is 3. The quantitative estimate of drug-likeness (QED) is 0.589. The maximum atomic E-state index is 9.46. The first-order chi connectivity index (χ1) is 12.5. The van der Waals surface area contributed by atoms with Gasteiger partial charge in [-0.1, -0.05) is 67.3 Å². The maximum Gasteiger partial charge on any atom is 0.0859 e. The summed E-state index contributed by atoms with van der Waals surface area (Å²) in [6, 6.07) is 16.0. The van der Waals surface area contributed by atoms with Gasteiger partial charge in [0.05, 0.1) is 24.7 Å². The molecule has 0 fully saturated rings. The number of aryl methyl sites for hydroxylation is 1. The fourth-order valence-corrected chi connectivity index (χ4v) is 2.64. The summed E-state index contributed by atoms with van der Waals surface area (Å²) in [5, 5.41) is 27.7. The van der Waals surface area contributed by atoms with Crippen LogP contribution in [0.4, 0.5) is 0 Å². The Balaban J connectivity index is 2.01. The fraction of sp³-hybridized carbons (Fsp3) is 0.273. The summed E-state index contributed by atoms with van der Waals surface area (Å²) in [6.45, 7) is 3.98. The number of alkyl halides is 1. The van der Waals surface area contributed by atoms with Gasteiger partial charge in [0, 0.05) is 0 Å². The van der Waals surface area contributed by atoms with E-state index in [9.17, 15) is 10.2 Å². The smallest absolute Gasteiger partial charge is 0.0859 e. The molecule has 0 aliphatic rings. The average molecular weight is 373 g/mol. The van der Waals surface area contributed by atoms with E-state index in [-0.39, 0.29) is 12.5 Å². The van der Waals surface area contributed by atoms with Crippen LogP contribution in [0.15, 0.2) is 61.2 Å². The first kappa shape index (κ1) is 20.4. The molecule has 0 spiro atoms. The molecule has 0 heterocycles. The van der Waals surface area contributed by atoms with Gasteiger partial charge in [-0.05, 0) is 40.7 Å². The molecule has 0 saturated heterocycles. The van der Waals surface area contributed by atoms with Crippen LogP contribution in [-0.4, -0.2) is 40.0 Å². The first-order valence-corrected chi connectivity index (χ1v) is 9.16. The van der Waals surface area contributed by atoms with Crippen molar-refractivity contribution in [2.75, 3.05) is 12.5 Å². The third-order valence-electron chi connectivity index (χ3n) is 4.21. The molecule has 0 aromatic heterocycles. The predicted octanol–water partition coefficient (Wildman–Crippen LogP) is 3.65. The Kier molecular flexibility index (Phi) is 8.07. The van der Waals surface area contributed by atoms with E-state index >= 15 is 0 Å². The van der Waals surface area contributed by atoms with Crippen LogP contribution in [0, 0.1) is 0 Å². The van der Waals surface area contributed by atoms with Crippen molar-refractivity contribution in [1.82, 2.24) is 0 Å². The monoisotopic (exact) mass is 372 g/mol. The number of benzene rings is 2. The van der Waals surface area contributed by atoms with Gasteiger partial charge in [-0.3, -0.25) is 0 Å². The molecular weight excluding hydrogens is 348 g/mol. The lowest BCUT2D eigenvalue weighted by Gasteiger charge is -2.10. The van der Waals surface area contributed by atoms with Gasteiger partial charge in [0.15, 0.2) is 0 Å². The second-order valence-corrected chi connectivity index (χ2v) is 6.56. The highest BCUT2D eigenvalue weighted by atomic mass is 35.5. The van der Waals surface area contributed by atoms with Crippen molar-refractivity contribution in [2.24, 2.45) is 0 Å². The zero-order valence-corrected chi connectivity index (χ0v) is 15.4. The summed E-state index contributed by atoms with van der Waals surface area (Å²) in [7, 11) is 0. The summed E-state index contributed by atoms with van der Waals surface area (Å²) in [4.78, 5) is 0. The van der Waals surface area contributed by atoms with Crippen molar-refractivity contribution in [2.45, 2.75) is 25.0 Å². The van der Waals surface area contributed by atoms with Crippen molar-refractivity contribution in [3.8, 4) is 0 Å². The number of hydrogen-bond acceptors (Lipinski definition) is 3. The van der Waals surface area contributed by atoms with E-state index in [4.69, 9.17) is 16.7 Å². The lowest BCUT2D eigenvalue weighted by Crippen LogP contribution is -2.12. The van der Waals surface area contributed by atoms with Crippen molar-refractivity contribution < 1.29 is 15.3 Å². The fourth-order valence-electron chi connectivity index (χ4n) is 2.53. The van der Waals surface area contributed by atoms with Gasteiger partial charge >= 0.3 is 0 Å². The molecule has 0 saturated carbocycles. The number of rotatable bonds is 9. The van der Waals surface area contributed by atoms with Crippen molar-refractivity contribution in [3.63, 3.8) is 0 Å². The molecule has 0 bridgehead atoms. The molecule has 3 nitrogen and oxygen atoms in total. The van der Waals surface area contributed by atoms with Crippen LogP contribution in [0.3, 0.4) is 0 Å². The molecule has 0 aliphatic carbocycles. The Morgan fingerprint density at radius 2 is 1.58 bits per heavy atom. The molecular formula is C22H25ClO3. The summed E-state index contributed by atoms with van der Waals surface area (Å²) >= 11 is 5.57. The maximum absolute atomic E-state index is 9.46. The largest absolute Gasteiger partial charge is 0.394 e. The molecule has 138 valence electrons. The zero-order chi connectivity index (χ0) is 18.9. The highest BCUT2D eigenvalue weighted by molar-refractivity contribution is 6.18. The Bertz CT molecular complexity index is 720. The SMILES string of the molecule is C=C(c1ccc(/C=C/C(O)CCl)cc1)c1ccc(CCC(O)CO)cc1. The molecule has 0 amide bonds. The van der Waals surface area contributed by atoms with E-state index in [1.165, 1.54) is 0 Å². The summed E-state index contributed by atoms with van der Waals surface area (Å²) < 4.78 is 0. The van der Waals surface area contributed by atoms with Gasteiger partial charge in [-0.25, -0.2) is 0 Å². The van der Waals surface area contributed by atoms with Crippen LogP contribution in [0.5, 0.6) is 0 Å². The molecule has 2 atom stereocenters. The van der Waals surface area contributed by atoms with Gasteiger partial charge in [0.25, 0.3) is 0 Å². The van der Waals surface area contributed by atoms with E-state index in [1.54, 1.807) is 6.08 Å². The van der Waals surface area contributed by atoms with E-state index in [0.717, 1.165) is 34.2 Å². The minimum Gasteiger partial charge on any atom is -0.394 e. The average Bonchev–Trinajstić information content (AvgIpc) is 2.70. The number of halogens is 1. The Labute approximate surface area is 159 Å². The lowest BCUT2D eigenvalue weighted by molar-refractivity contribution is 0.0886. The summed E-state index contributed by atoms with van der Waals surface area (Å²) in [5.74, 6) is 0.181. The second kappa shape index (κ2) is 10.3. The van der Waals surface area contributed by atoms with Gasteiger partial charge in [0.1, 0.15) is 0 Å². The van der Waals surface area contributed by atoms with E-state index in [1.807, 2.05) is 54.6 Å². The molecule has 0 aliphatic heterocycles. The Morgan fingerprint density at radius 3 is 2.12 bits per heavy atom. The highest BCUT2D eigenvalue weighted by Gasteiger charge is 2.05. The van der Waals surface area contributed by atoms with Crippen molar-refractivity contribution in [3.05, 3.63) is 83.4 Å². The molecule has 2 unspecified atom stereocenters. The zero-order valence-electron chi connectivity index (χ0n) is 14.7. The topological polar surface area (TPSA) is 60.7 Å². The second-order valence-electron chi connectivity index (χ2n) is 6.25. The lowest BCUT2D eigenvalue weighted by atomic mass is 9.96. The van der Waals surface area contributed by atoms with Crippen LogP contribution >= 0.6 is 11.6 Å². The third-order valence-corrected chi connectivity index (χ3v) is 4.52. The number of aliphatic hydroxyl groups excluding tert-OH is 3. The van der Waals surface area contributed by atoms with Gasteiger partial charge in [-0.2, -0.15) is 0 Å². The van der Waals surface area contributed by atoms with Gasteiger partial charge in [0.2, 0.25) is 0 Å². The molecule has 2 aromatic rings. The van der Waals surface area contributed by atoms with Crippen molar-refractivity contribution >= 4 is 23.3 Å². The standard InChI is InChI=1S/C22H25ClO3/c1-16(19-8-2-17(3-9-19)6-12-21(25)14-23)20-10-4-18(5-11-20)7-13-22(26)15-24/h2-6,8-12,21-22,24-26H,1,7,13-15H2/b12-6+. The van der Waals surface area contributed by atoms with Crippen molar-refractivity contribution in [1.29, 1.82) is 0 Å².